The number of hydrogen-bond donors (Lipinski definition) is 0. The van der Waals surface area contributed by atoms with Gasteiger partial charge in [-0.25, -0.2) is 0 Å². The van der Waals surface area contributed by atoms with Crippen LogP contribution in [0.3, 0.4) is 0 Å². The highest BCUT2D eigenvalue weighted by Gasteiger charge is 2.09. The van der Waals surface area contributed by atoms with Crippen molar-refractivity contribution in [3.05, 3.63) is 24.0 Å². The molecule has 0 N–H and O–H groups in total. The second kappa shape index (κ2) is 4.26. The highest BCUT2D eigenvalue weighted by atomic mass is 15.1. The molecule has 0 spiro atoms. The van der Waals surface area contributed by atoms with Crippen LogP contribution in [0.4, 0.5) is 5.69 Å². The fourth-order valence-corrected chi connectivity index (χ4v) is 1.41. The van der Waals surface area contributed by atoms with Gasteiger partial charge in [0.2, 0.25) is 0 Å². The van der Waals surface area contributed by atoms with Crippen LogP contribution in [0.15, 0.2) is 18.5 Å². The molecule has 1 aromatic rings. The first kappa shape index (κ1) is 10.0. The van der Waals surface area contributed by atoms with E-state index >= 15 is 0 Å². The third kappa shape index (κ3) is 2.20. The van der Waals surface area contributed by atoms with Gasteiger partial charge in [0.15, 0.2) is 0 Å². The zero-order valence-electron chi connectivity index (χ0n) is 8.91. The Kier molecular flexibility index (Phi) is 3.29. The molecule has 0 radical (unpaired) electrons. The topological polar surface area (TPSA) is 16.1 Å². The lowest BCUT2D eigenvalue weighted by Gasteiger charge is -2.19. The van der Waals surface area contributed by atoms with E-state index in [1.807, 2.05) is 12.4 Å². The van der Waals surface area contributed by atoms with E-state index in [-0.39, 0.29) is 0 Å². The Morgan fingerprint density at radius 2 is 2.15 bits per heavy atom. The monoisotopic (exact) mass is 178 g/mol. The summed E-state index contributed by atoms with van der Waals surface area (Å²) in [4.78, 5) is 6.31. The van der Waals surface area contributed by atoms with Crippen molar-refractivity contribution >= 4 is 5.69 Å². The van der Waals surface area contributed by atoms with Gasteiger partial charge in [-0.05, 0) is 24.0 Å². The lowest BCUT2D eigenvalue weighted by molar-refractivity contribution is 0.727. The Morgan fingerprint density at radius 3 is 2.69 bits per heavy atom. The molecule has 0 aliphatic heterocycles. The van der Waals surface area contributed by atoms with Crippen LogP contribution in [0, 0.1) is 0 Å². The van der Waals surface area contributed by atoms with Crippen molar-refractivity contribution in [2.45, 2.75) is 26.2 Å². The number of rotatable bonds is 3. The predicted molar refractivity (Wildman–Crippen MR) is 57.3 cm³/mol. The molecule has 1 unspecified atom stereocenters. The zero-order chi connectivity index (χ0) is 9.84. The third-order valence-electron chi connectivity index (χ3n) is 2.45. The maximum absolute atomic E-state index is 4.17. The summed E-state index contributed by atoms with van der Waals surface area (Å²) in [7, 11) is 4.14. The predicted octanol–water partition coefficient (Wildman–Crippen LogP) is 2.66. The van der Waals surface area contributed by atoms with E-state index in [4.69, 9.17) is 0 Å². The molecule has 1 rings (SSSR count). The normalized spacial score (nSPS) is 12.6. The number of anilines is 1. The van der Waals surface area contributed by atoms with Crippen LogP contribution in [-0.2, 0) is 0 Å². The van der Waals surface area contributed by atoms with Crippen LogP contribution in [0.5, 0.6) is 0 Å². The van der Waals surface area contributed by atoms with Crippen molar-refractivity contribution in [2.75, 3.05) is 19.0 Å². The first-order valence-corrected chi connectivity index (χ1v) is 4.78. The molecular formula is C11H18N2. The average molecular weight is 178 g/mol. The molecular weight excluding hydrogens is 160 g/mol. The standard InChI is InChI=1S/C11H18N2/c1-5-9(2)10-8-12-7-6-11(10)13(3)4/h6-9H,5H2,1-4H3. The Hall–Kier alpha value is -1.05. The summed E-state index contributed by atoms with van der Waals surface area (Å²) in [5.74, 6) is 0.589. The van der Waals surface area contributed by atoms with Crippen molar-refractivity contribution in [1.82, 2.24) is 4.98 Å². The van der Waals surface area contributed by atoms with Crippen LogP contribution in [0.1, 0.15) is 31.7 Å². The number of aromatic nitrogens is 1. The minimum atomic E-state index is 0.589. The molecule has 0 aliphatic rings. The van der Waals surface area contributed by atoms with Crippen LogP contribution in [0.25, 0.3) is 0 Å². The number of pyridine rings is 1. The van der Waals surface area contributed by atoms with Crippen molar-refractivity contribution < 1.29 is 0 Å². The summed E-state index contributed by atoms with van der Waals surface area (Å²) in [5.41, 5.74) is 2.62. The summed E-state index contributed by atoms with van der Waals surface area (Å²) >= 11 is 0. The number of hydrogen-bond acceptors (Lipinski definition) is 2. The van der Waals surface area contributed by atoms with Crippen LogP contribution >= 0.6 is 0 Å². The van der Waals surface area contributed by atoms with Gasteiger partial charge < -0.3 is 4.90 Å². The molecule has 0 saturated heterocycles. The third-order valence-corrected chi connectivity index (χ3v) is 2.45. The first-order valence-electron chi connectivity index (χ1n) is 4.78. The van der Waals surface area contributed by atoms with Crippen molar-refractivity contribution in [2.24, 2.45) is 0 Å². The second-order valence-corrected chi connectivity index (χ2v) is 3.64. The smallest absolute Gasteiger partial charge is 0.0427 e. The summed E-state index contributed by atoms with van der Waals surface area (Å²) in [6, 6.07) is 2.07. The highest BCUT2D eigenvalue weighted by Crippen LogP contribution is 2.26. The summed E-state index contributed by atoms with van der Waals surface area (Å²) < 4.78 is 0. The molecule has 13 heavy (non-hydrogen) atoms. The molecule has 0 bridgehead atoms. The maximum atomic E-state index is 4.17. The minimum Gasteiger partial charge on any atom is -0.377 e. The summed E-state index contributed by atoms with van der Waals surface area (Å²) in [6.07, 6.45) is 4.98. The molecule has 72 valence electrons. The van der Waals surface area contributed by atoms with Gasteiger partial charge in [-0.15, -0.1) is 0 Å². The summed E-state index contributed by atoms with van der Waals surface area (Å²) in [5, 5.41) is 0. The SMILES string of the molecule is CCC(C)c1cnccc1N(C)C. The molecule has 0 aliphatic carbocycles. The van der Waals surface area contributed by atoms with Crippen LogP contribution in [0.2, 0.25) is 0 Å². The van der Waals surface area contributed by atoms with E-state index in [2.05, 4.69) is 43.9 Å². The average Bonchev–Trinajstić information content (AvgIpc) is 2.16. The second-order valence-electron chi connectivity index (χ2n) is 3.64. The van der Waals surface area contributed by atoms with E-state index in [1.54, 1.807) is 0 Å². The van der Waals surface area contributed by atoms with Crippen molar-refractivity contribution in [3.63, 3.8) is 0 Å². The molecule has 1 aromatic heterocycles. The van der Waals surface area contributed by atoms with Crippen molar-refractivity contribution in [3.8, 4) is 0 Å². The van der Waals surface area contributed by atoms with Gasteiger partial charge in [-0.3, -0.25) is 4.98 Å². The molecule has 2 nitrogen and oxygen atoms in total. The van der Waals surface area contributed by atoms with Gasteiger partial charge in [0, 0.05) is 32.2 Å². The molecule has 0 fully saturated rings. The van der Waals surface area contributed by atoms with Gasteiger partial charge in [-0.1, -0.05) is 13.8 Å². The lowest BCUT2D eigenvalue weighted by atomic mass is 9.98. The quantitative estimate of drug-likeness (QED) is 0.707. The van der Waals surface area contributed by atoms with Gasteiger partial charge in [0.25, 0.3) is 0 Å². The molecule has 2 heteroatoms. The van der Waals surface area contributed by atoms with E-state index in [0.29, 0.717) is 5.92 Å². The van der Waals surface area contributed by atoms with Crippen molar-refractivity contribution in [1.29, 1.82) is 0 Å². The van der Waals surface area contributed by atoms with Gasteiger partial charge in [0.1, 0.15) is 0 Å². The number of nitrogens with zero attached hydrogens (tertiary/aromatic N) is 2. The van der Waals surface area contributed by atoms with E-state index in [0.717, 1.165) is 6.42 Å². The van der Waals surface area contributed by atoms with Crippen LogP contribution < -0.4 is 4.90 Å². The zero-order valence-corrected chi connectivity index (χ0v) is 8.91. The molecule has 0 amide bonds. The Morgan fingerprint density at radius 1 is 1.46 bits per heavy atom. The molecule has 0 aromatic carbocycles. The fraction of sp³-hybridized carbons (Fsp3) is 0.545. The largest absolute Gasteiger partial charge is 0.377 e. The highest BCUT2D eigenvalue weighted by molar-refractivity contribution is 5.52. The Bertz CT molecular complexity index is 269. The molecule has 1 atom stereocenters. The van der Waals surface area contributed by atoms with Crippen LogP contribution in [-0.4, -0.2) is 19.1 Å². The molecule has 0 saturated carbocycles. The van der Waals surface area contributed by atoms with E-state index in [9.17, 15) is 0 Å². The van der Waals surface area contributed by atoms with Gasteiger partial charge in [-0.2, -0.15) is 0 Å². The van der Waals surface area contributed by atoms with Gasteiger partial charge in [0.05, 0.1) is 0 Å². The Balaban J connectivity index is 3.04. The van der Waals surface area contributed by atoms with Gasteiger partial charge >= 0.3 is 0 Å². The first-order chi connectivity index (χ1) is 6.16. The van der Waals surface area contributed by atoms with E-state index < -0.39 is 0 Å². The summed E-state index contributed by atoms with van der Waals surface area (Å²) in [6.45, 7) is 4.45. The fourth-order valence-electron chi connectivity index (χ4n) is 1.41. The minimum absolute atomic E-state index is 0.589. The molecule has 1 heterocycles. The Labute approximate surface area is 80.6 Å². The maximum Gasteiger partial charge on any atom is 0.0427 e. The van der Waals surface area contributed by atoms with E-state index in [1.165, 1.54) is 11.3 Å². The lowest BCUT2D eigenvalue weighted by Crippen LogP contribution is -2.12.